The van der Waals surface area contributed by atoms with Crippen LogP contribution in [-0.2, 0) is 0 Å². The van der Waals surface area contributed by atoms with E-state index in [-0.39, 0.29) is 23.7 Å². The normalized spacial score (nSPS) is 19.0. The lowest BCUT2D eigenvalue weighted by Crippen LogP contribution is -2.28. The van der Waals surface area contributed by atoms with Gasteiger partial charge in [-0.05, 0) is 91.0 Å². The Labute approximate surface area is 331 Å². The quantitative estimate of drug-likeness (QED) is 0.156. The fourth-order valence-electron chi connectivity index (χ4n) is 12.7. The van der Waals surface area contributed by atoms with Gasteiger partial charge in [-0.2, -0.15) is 10.5 Å². The highest BCUT2D eigenvalue weighted by Gasteiger charge is 2.47. The van der Waals surface area contributed by atoms with Crippen molar-refractivity contribution >= 4 is 60.0 Å². The number of aromatic nitrogens is 1. The van der Waals surface area contributed by atoms with E-state index in [4.69, 9.17) is 4.42 Å². The molecule has 3 aromatic heterocycles. The predicted molar refractivity (Wildman–Crippen MR) is 227 cm³/mol. The zero-order valence-electron chi connectivity index (χ0n) is 30.8. The maximum atomic E-state index is 11.2. The van der Waals surface area contributed by atoms with E-state index in [1.165, 1.54) is 71.8 Å². The summed E-state index contributed by atoms with van der Waals surface area (Å²) in [6.45, 7) is 0. The van der Waals surface area contributed by atoms with Crippen LogP contribution < -0.4 is 0 Å². The van der Waals surface area contributed by atoms with Gasteiger partial charge in [-0.3, -0.25) is 0 Å². The second kappa shape index (κ2) is 9.82. The van der Waals surface area contributed by atoms with Crippen molar-refractivity contribution in [1.82, 2.24) is 4.40 Å². The Morgan fingerprint density at radius 3 is 1.29 bits per heavy atom. The summed E-state index contributed by atoms with van der Waals surface area (Å²) in [6, 6.07) is 55.8. The van der Waals surface area contributed by atoms with Gasteiger partial charge in [-0.25, -0.2) is 0 Å². The molecule has 0 fully saturated rings. The van der Waals surface area contributed by atoms with Gasteiger partial charge < -0.3 is 8.82 Å². The zero-order valence-corrected chi connectivity index (χ0v) is 30.8. The first-order chi connectivity index (χ1) is 28.7. The first-order valence-corrected chi connectivity index (χ1v) is 20.1. The number of nitrogens with zero attached hydrogens (tertiary/aromatic N) is 3. The van der Waals surface area contributed by atoms with E-state index in [0.29, 0.717) is 11.1 Å². The van der Waals surface area contributed by atoms with Gasteiger partial charge in [0.2, 0.25) is 0 Å². The first kappa shape index (κ1) is 29.6. The van der Waals surface area contributed by atoms with Crippen LogP contribution in [0.15, 0.2) is 144 Å². The van der Waals surface area contributed by atoms with Crippen LogP contribution in [-0.4, -0.2) is 4.40 Å². The van der Waals surface area contributed by atoms with Crippen molar-refractivity contribution < 1.29 is 4.42 Å². The van der Waals surface area contributed by atoms with E-state index < -0.39 is 0 Å². The van der Waals surface area contributed by atoms with Gasteiger partial charge >= 0.3 is 0 Å². The van der Waals surface area contributed by atoms with E-state index >= 15 is 0 Å². The molecule has 0 atom stereocenters. The second-order valence-electron chi connectivity index (χ2n) is 16.7. The van der Waals surface area contributed by atoms with E-state index in [1.54, 1.807) is 0 Å². The molecule has 8 aromatic carbocycles. The molecule has 6 aliphatic carbocycles. The van der Waals surface area contributed by atoms with Crippen LogP contribution in [0.25, 0.3) is 60.0 Å². The highest BCUT2D eigenvalue weighted by atomic mass is 16.3. The molecule has 4 heteroatoms. The lowest BCUT2D eigenvalue weighted by molar-refractivity contribution is 0.669. The standard InChI is InChI=1S/C54H27N3O/c55-24-26-21-38-48(51-42(26)44-28-11-1-5-15-32(28)46(51)33-16-6-2-12-29(33)44)37-23-41-49(36-19-9-10-20-40(36)58-41)53-50-39(57(38)54(37)53)22-27(25-56)43-45-30-13-3-7-17-34(30)47(52(43)50)35-18-8-4-14-31(35)45/h1-23,44-47H. The number of hydrogen-bond donors (Lipinski definition) is 0. The van der Waals surface area contributed by atoms with Crippen LogP contribution >= 0.6 is 0 Å². The summed E-state index contributed by atoms with van der Waals surface area (Å²) < 4.78 is 9.29. The molecule has 0 spiro atoms. The predicted octanol–water partition coefficient (Wildman–Crippen LogP) is 12.5. The topological polar surface area (TPSA) is 65.1 Å². The molecule has 3 heterocycles. The lowest BCUT2D eigenvalue weighted by atomic mass is 9.59. The van der Waals surface area contributed by atoms with Crippen molar-refractivity contribution in [3.8, 4) is 12.1 Å². The van der Waals surface area contributed by atoms with Crippen molar-refractivity contribution in [2.75, 3.05) is 0 Å². The summed E-state index contributed by atoms with van der Waals surface area (Å²) in [7, 11) is 0. The summed E-state index contributed by atoms with van der Waals surface area (Å²) in [5.41, 5.74) is 21.4. The van der Waals surface area contributed by atoms with Gasteiger partial charge in [-0.15, -0.1) is 0 Å². The molecule has 4 bridgehead atoms. The Balaban J connectivity index is 1.20. The molecular weight excluding hydrogens is 707 g/mol. The molecule has 264 valence electrons. The molecule has 0 aliphatic heterocycles. The molecule has 0 amide bonds. The SMILES string of the molecule is N#Cc1cc2c(c3c1C1c4ccccc4C3c3ccccc31)c1cc3oc4ccccc4c3c3c4c5c(c(C#N)cc4n2c13)C1c2ccccc2C5c2ccccc21. The van der Waals surface area contributed by atoms with Crippen LogP contribution in [0.5, 0.6) is 0 Å². The number of hydrogen-bond acceptors (Lipinski definition) is 3. The third-order valence-corrected chi connectivity index (χ3v) is 14.5. The van der Waals surface area contributed by atoms with E-state index in [9.17, 15) is 10.5 Å². The van der Waals surface area contributed by atoms with Crippen LogP contribution in [0.1, 0.15) is 102 Å². The number of para-hydroxylation sites is 1. The Bertz CT molecular complexity index is 3770. The molecule has 0 saturated carbocycles. The van der Waals surface area contributed by atoms with Crippen molar-refractivity contribution in [3.63, 3.8) is 0 Å². The van der Waals surface area contributed by atoms with Gasteiger partial charge in [-0.1, -0.05) is 115 Å². The maximum Gasteiger partial charge on any atom is 0.136 e. The molecule has 6 aliphatic rings. The van der Waals surface area contributed by atoms with Crippen LogP contribution in [0, 0.1) is 22.7 Å². The largest absolute Gasteiger partial charge is 0.456 e. The molecular formula is C54H27N3O. The van der Waals surface area contributed by atoms with Gasteiger partial charge in [0.1, 0.15) is 11.2 Å². The Morgan fingerprint density at radius 1 is 0.397 bits per heavy atom. The highest BCUT2D eigenvalue weighted by molar-refractivity contribution is 6.36. The minimum absolute atomic E-state index is 0.0297. The summed E-state index contributed by atoms with van der Waals surface area (Å²) >= 11 is 0. The molecule has 4 nitrogen and oxygen atoms in total. The minimum atomic E-state index is -0.0484. The summed E-state index contributed by atoms with van der Waals surface area (Å²) in [5.74, 6) is -0.159. The number of furan rings is 1. The average Bonchev–Trinajstić information content (AvgIpc) is 3.94. The molecule has 0 saturated heterocycles. The molecule has 11 aromatic rings. The number of rotatable bonds is 0. The molecule has 58 heavy (non-hydrogen) atoms. The van der Waals surface area contributed by atoms with E-state index in [1.807, 2.05) is 6.07 Å². The van der Waals surface area contributed by atoms with Crippen LogP contribution in [0.3, 0.4) is 0 Å². The molecule has 0 radical (unpaired) electrons. The smallest absolute Gasteiger partial charge is 0.136 e. The Kier molecular flexibility index (Phi) is 5.01. The molecule has 17 rings (SSSR count). The number of nitriles is 2. The summed E-state index contributed by atoms with van der Waals surface area (Å²) in [4.78, 5) is 0. The van der Waals surface area contributed by atoms with Crippen LogP contribution in [0.4, 0.5) is 0 Å². The highest BCUT2D eigenvalue weighted by Crippen LogP contribution is 2.63. The average molecular weight is 734 g/mol. The van der Waals surface area contributed by atoms with Gasteiger partial charge in [0, 0.05) is 56.0 Å². The van der Waals surface area contributed by atoms with Gasteiger partial charge in [0.25, 0.3) is 0 Å². The van der Waals surface area contributed by atoms with E-state index in [0.717, 1.165) is 55.0 Å². The second-order valence-corrected chi connectivity index (χ2v) is 16.7. The monoisotopic (exact) mass is 733 g/mol. The van der Waals surface area contributed by atoms with Crippen LogP contribution in [0.2, 0.25) is 0 Å². The van der Waals surface area contributed by atoms with E-state index in [2.05, 4.69) is 150 Å². The zero-order chi connectivity index (χ0) is 37.7. The third kappa shape index (κ3) is 3.09. The van der Waals surface area contributed by atoms with Crippen molar-refractivity contribution in [3.05, 3.63) is 217 Å². The van der Waals surface area contributed by atoms with Crippen molar-refractivity contribution in [2.45, 2.75) is 23.7 Å². The number of benzene rings is 8. The fraction of sp³-hybridized carbons (Fsp3) is 0.0741. The van der Waals surface area contributed by atoms with Crippen molar-refractivity contribution in [2.24, 2.45) is 0 Å². The lowest BCUT2D eigenvalue weighted by Gasteiger charge is -2.43. The Hall–Kier alpha value is -7.66. The van der Waals surface area contributed by atoms with Gasteiger partial charge in [0.05, 0.1) is 39.8 Å². The first-order valence-electron chi connectivity index (χ1n) is 20.1. The number of fused-ring (bicyclic) bond motifs is 10. The third-order valence-electron chi connectivity index (χ3n) is 14.5. The summed E-state index contributed by atoms with van der Waals surface area (Å²) in [5, 5.41) is 29.2. The summed E-state index contributed by atoms with van der Waals surface area (Å²) in [6.07, 6.45) is 0. The fourth-order valence-corrected chi connectivity index (χ4v) is 12.7. The minimum Gasteiger partial charge on any atom is -0.456 e. The van der Waals surface area contributed by atoms with Gasteiger partial charge in [0.15, 0.2) is 0 Å². The molecule has 0 N–H and O–H groups in total. The van der Waals surface area contributed by atoms with Crippen molar-refractivity contribution in [1.29, 1.82) is 10.5 Å². The maximum absolute atomic E-state index is 11.2. The Morgan fingerprint density at radius 2 is 0.810 bits per heavy atom. The molecule has 0 unspecified atom stereocenters.